The van der Waals surface area contributed by atoms with E-state index in [1.165, 1.54) is 15.9 Å². The second-order valence-electron chi connectivity index (χ2n) is 7.87. The second kappa shape index (κ2) is 7.39. The van der Waals surface area contributed by atoms with Gasteiger partial charge >= 0.3 is 0 Å². The highest BCUT2D eigenvalue weighted by atomic mass is 32.2. The monoisotopic (exact) mass is 463 g/mol. The van der Waals surface area contributed by atoms with Gasteiger partial charge in [0.25, 0.3) is 0 Å². The van der Waals surface area contributed by atoms with Crippen molar-refractivity contribution in [3.05, 3.63) is 70.1 Å². The van der Waals surface area contributed by atoms with Crippen LogP contribution in [0.5, 0.6) is 0 Å². The topological polar surface area (TPSA) is 89.2 Å². The highest BCUT2D eigenvalue weighted by Gasteiger charge is 2.29. The number of nitrogens with one attached hydrogen (secondary N) is 1. The van der Waals surface area contributed by atoms with E-state index >= 15 is 0 Å². The highest BCUT2D eigenvalue weighted by molar-refractivity contribution is 7.91. The average Bonchev–Trinajstić information content (AvgIpc) is 3.40. The quantitative estimate of drug-likeness (QED) is 0.397. The minimum atomic E-state index is -3.91. The van der Waals surface area contributed by atoms with Crippen molar-refractivity contribution < 1.29 is 8.42 Å². The van der Waals surface area contributed by atoms with E-state index in [1.54, 1.807) is 19.1 Å². The molecule has 162 valence electrons. The van der Waals surface area contributed by atoms with Crippen LogP contribution in [0, 0.1) is 27.7 Å². The van der Waals surface area contributed by atoms with Crippen molar-refractivity contribution in [1.82, 2.24) is 19.8 Å². The summed E-state index contributed by atoms with van der Waals surface area (Å²) in [5.74, 6) is 0.580. The molecule has 0 unspecified atom stereocenters. The minimum absolute atomic E-state index is 0.150. The van der Waals surface area contributed by atoms with E-state index in [2.05, 4.69) is 15.6 Å². The van der Waals surface area contributed by atoms with E-state index in [0.717, 1.165) is 32.6 Å². The SMILES string of the molecule is Cc1ccc(C)c(S(=O)(=O)c2nnn3c2nc(Nc2cccc(C)c2C)c2sccc23)c1. The smallest absolute Gasteiger partial charge is 0.229 e. The standard InChI is InChI=1S/C23H21N5O2S2/c1-13-8-9-15(3)19(12-13)32(29,30)23-22-25-21(24-17-7-5-6-14(2)16(17)4)20-18(10-11-31-20)28(22)27-26-23/h5-12H,1-4H3,(H,24,25). The van der Waals surface area contributed by atoms with E-state index in [1.807, 2.05) is 56.5 Å². The summed E-state index contributed by atoms with van der Waals surface area (Å²) in [6, 6.07) is 13.2. The molecule has 0 bridgehead atoms. The molecule has 3 aromatic heterocycles. The molecule has 3 heterocycles. The molecule has 0 spiro atoms. The Morgan fingerprint density at radius 3 is 2.62 bits per heavy atom. The first-order valence-corrected chi connectivity index (χ1v) is 12.4. The minimum Gasteiger partial charge on any atom is -0.339 e. The van der Waals surface area contributed by atoms with Crippen molar-refractivity contribution in [3.63, 3.8) is 0 Å². The van der Waals surface area contributed by atoms with E-state index in [-0.39, 0.29) is 15.6 Å². The van der Waals surface area contributed by atoms with Gasteiger partial charge in [-0.3, -0.25) is 0 Å². The number of sulfone groups is 1. The van der Waals surface area contributed by atoms with Crippen LogP contribution in [-0.2, 0) is 9.84 Å². The van der Waals surface area contributed by atoms with Gasteiger partial charge in [0, 0.05) is 5.69 Å². The number of nitrogens with zero attached hydrogens (tertiary/aromatic N) is 4. The largest absolute Gasteiger partial charge is 0.339 e. The summed E-state index contributed by atoms with van der Waals surface area (Å²) in [7, 11) is -3.91. The van der Waals surface area contributed by atoms with Crippen molar-refractivity contribution in [2.24, 2.45) is 0 Å². The van der Waals surface area contributed by atoms with Crippen molar-refractivity contribution in [2.45, 2.75) is 37.6 Å². The highest BCUT2D eigenvalue weighted by Crippen LogP contribution is 2.34. The summed E-state index contributed by atoms with van der Waals surface area (Å²) in [5, 5.41) is 13.4. The van der Waals surface area contributed by atoms with Gasteiger partial charge in [-0.2, -0.15) is 4.52 Å². The number of anilines is 2. The number of fused-ring (bicyclic) bond motifs is 3. The maximum atomic E-state index is 13.6. The molecule has 0 amide bonds. The Labute approximate surface area is 189 Å². The third kappa shape index (κ3) is 3.16. The first-order valence-electron chi connectivity index (χ1n) is 10.1. The van der Waals surface area contributed by atoms with Gasteiger partial charge in [0.15, 0.2) is 11.5 Å². The first-order chi connectivity index (χ1) is 15.3. The van der Waals surface area contributed by atoms with Crippen LogP contribution in [0.4, 0.5) is 11.5 Å². The van der Waals surface area contributed by atoms with E-state index < -0.39 is 9.84 Å². The molecule has 0 atom stereocenters. The number of aryl methyl sites for hydroxylation is 3. The Kier molecular flexibility index (Phi) is 4.75. The molecule has 0 aliphatic heterocycles. The summed E-state index contributed by atoms with van der Waals surface area (Å²) in [5.41, 5.74) is 5.64. The first kappa shape index (κ1) is 20.6. The molecule has 7 nitrogen and oxygen atoms in total. The van der Waals surface area contributed by atoms with Gasteiger partial charge < -0.3 is 5.32 Å². The lowest BCUT2D eigenvalue weighted by atomic mass is 10.1. The summed E-state index contributed by atoms with van der Waals surface area (Å²) in [4.78, 5) is 4.92. The molecule has 0 aliphatic carbocycles. The van der Waals surface area contributed by atoms with Crippen molar-refractivity contribution in [2.75, 3.05) is 5.32 Å². The lowest BCUT2D eigenvalue weighted by molar-refractivity contribution is 0.592. The summed E-state index contributed by atoms with van der Waals surface area (Å²) in [6.07, 6.45) is 0. The van der Waals surface area contributed by atoms with Gasteiger partial charge in [-0.1, -0.05) is 29.5 Å². The Morgan fingerprint density at radius 1 is 1.00 bits per heavy atom. The van der Waals surface area contributed by atoms with Crippen LogP contribution in [0.3, 0.4) is 0 Å². The van der Waals surface area contributed by atoms with Gasteiger partial charge in [0.05, 0.1) is 15.1 Å². The van der Waals surface area contributed by atoms with Crippen LogP contribution in [0.25, 0.3) is 15.9 Å². The van der Waals surface area contributed by atoms with Crippen LogP contribution in [0.15, 0.2) is 57.8 Å². The van der Waals surface area contributed by atoms with Gasteiger partial charge in [-0.05, 0) is 73.5 Å². The third-order valence-corrected chi connectivity index (χ3v) is 8.37. The second-order valence-corrected chi connectivity index (χ2v) is 10.6. The van der Waals surface area contributed by atoms with E-state index in [0.29, 0.717) is 11.4 Å². The van der Waals surface area contributed by atoms with Crippen molar-refractivity contribution in [3.8, 4) is 0 Å². The molecule has 0 radical (unpaired) electrons. The zero-order chi connectivity index (χ0) is 22.6. The number of hydrogen-bond acceptors (Lipinski definition) is 7. The number of benzene rings is 2. The van der Waals surface area contributed by atoms with Gasteiger partial charge in [-0.25, -0.2) is 13.4 Å². The van der Waals surface area contributed by atoms with Crippen LogP contribution < -0.4 is 5.32 Å². The van der Waals surface area contributed by atoms with Crippen molar-refractivity contribution >= 4 is 48.5 Å². The molecule has 0 saturated carbocycles. The Bertz CT molecular complexity index is 1620. The predicted molar refractivity (Wildman–Crippen MR) is 127 cm³/mol. The van der Waals surface area contributed by atoms with Crippen molar-refractivity contribution in [1.29, 1.82) is 0 Å². The number of rotatable bonds is 4. The maximum Gasteiger partial charge on any atom is 0.229 e. The molecular weight excluding hydrogens is 442 g/mol. The summed E-state index contributed by atoms with van der Waals surface area (Å²) in [6.45, 7) is 7.73. The fraction of sp³-hybridized carbons (Fsp3) is 0.174. The fourth-order valence-corrected chi connectivity index (χ4v) is 6.07. The number of thiophene rings is 1. The molecule has 0 aliphatic rings. The van der Waals surface area contributed by atoms with Crippen LogP contribution >= 0.6 is 11.3 Å². The zero-order valence-electron chi connectivity index (χ0n) is 18.0. The summed E-state index contributed by atoms with van der Waals surface area (Å²) < 4.78 is 29.5. The lowest BCUT2D eigenvalue weighted by Gasteiger charge is -2.12. The number of aromatic nitrogens is 4. The molecule has 0 saturated heterocycles. The van der Waals surface area contributed by atoms with Gasteiger partial charge in [0.1, 0.15) is 0 Å². The molecule has 1 N–H and O–H groups in total. The molecule has 2 aromatic carbocycles. The van der Waals surface area contributed by atoms with Gasteiger partial charge in [0.2, 0.25) is 14.9 Å². The Morgan fingerprint density at radius 2 is 1.81 bits per heavy atom. The fourth-order valence-electron chi connectivity index (χ4n) is 3.70. The summed E-state index contributed by atoms with van der Waals surface area (Å²) >= 11 is 1.51. The Hall–Kier alpha value is -3.30. The molecule has 32 heavy (non-hydrogen) atoms. The van der Waals surface area contributed by atoms with Gasteiger partial charge in [-0.15, -0.1) is 16.4 Å². The van der Waals surface area contributed by atoms with E-state index in [4.69, 9.17) is 4.98 Å². The maximum absolute atomic E-state index is 13.6. The normalized spacial score (nSPS) is 12.0. The van der Waals surface area contributed by atoms with Crippen LogP contribution in [-0.4, -0.2) is 28.2 Å². The van der Waals surface area contributed by atoms with Crippen LogP contribution in [0.1, 0.15) is 22.3 Å². The predicted octanol–water partition coefficient (Wildman–Crippen LogP) is 5.15. The van der Waals surface area contributed by atoms with E-state index in [9.17, 15) is 8.42 Å². The molecular formula is C23H21N5O2S2. The molecule has 0 fully saturated rings. The molecule has 5 aromatic rings. The molecule has 9 heteroatoms. The number of hydrogen-bond donors (Lipinski definition) is 1. The Balaban J connectivity index is 1.74. The zero-order valence-corrected chi connectivity index (χ0v) is 19.7. The molecule has 5 rings (SSSR count). The average molecular weight is 464 g/mol. The third-order valence-electron chi connectivity index (χ3n) is 5.67. The lowest BCUT2D eigenvalue weighted by Crippen LogP contribution is -2.07. The van der Waals surface area contributed by atoms with Crippen LogP contribution in [0.2, 0.25) is 0 Å².